The van der Waals surface area contributed by atoms with Crippen molar-refractivity contribution >= 4 is 0 Å². The number of unbranched alkanes of at least 4 members (excludes halogenated alkanes) is 11. The molecular formula is C23H44O5. The van der Waals surface area contributed by atoms with Crippen LogP contribution >= 0.6 is 0 Å². The van der Waals surface area contributed by atoms with Gasteiger partial charge >= 0.3 is 0 Å². The molecule has 1 heterocycles. The largest absolute Gasteiger partial charge is 0.388 e. The van der Waals surface area contributed by atoms with E-state index in [2.05, 4.69) is 19.1 Å². The first kappa shape index (κ1) is 25.6. The summed E-state index contributed by atoms with van der Waals surface area (Å²) in [5.41, 5.74) is 0. The van der Waals surface area contributed by atoms with E-state index >= 15 is 0 Å². The van der Waals surface area contributed by atoms with Gasteiger partial charge in [-0.15, -0.1) is 0 Å². The minimum Gasteiger partial charge on any atom is -0.388 e. The van der Waals surface area contributed by atoms with Crippen LogP contribution in [-0.2, 0) is 9.47 Å². The molecule has 1 aliphatic rings. The first-order valence-corrected chi connectivity index (χ1v) is 11.5. The van der Waals surface area contributed by atoms with E-state index < -0.39 is 24.4 Å². The van der Waals surface area contributed by atoms with Crippen LogP contribution in [0.2, 0.25) is 0 Å². The highest BCUT2D eigenvalue weighted by atomic mass is 16.5. The highest BCUT2D eigenvalue weighted by molar-refractivity contribution is 4.87. The Hall–Kier alpha value is -0.460. The fourth-order valence-corrected chi connectivity index (χ4v) is 3.54. The normalized spacial score (nSPS) is 23.6. The summed E-state index contributed by atoms with van der Waals surface area (Å²) in [7, 11) is 0. The zero-order valence-corrected chi connectivity index (χ0v) is 17.9. The van der Waals surface area contributed by atoms with Crippen molar-refractivity contribution in [1.29, 1.82) is 0 Å². The third kappa shape index (κ3) is 12.2. The molecule has 28 heavy (non-hydrogen) atoms. The highest BCUT2D eigenvalue weighted by Crippen LogP contribution is 2.18. The molecule has 0 unspecified atom stereocenters. The summed E-state index contributed by atoms with van der Waals surface area (Å²) >= 11 is 0. The Morgan fingerprint density at radius 3 is 2.04 bits per heavy atom. The highest BCUT2D eigenvalue weighted by Gasteiger charge is 2.39. The molecule has 0 bridgehead atoms. The lowest BCUT2D eigenvalue weighted by Crippen LogP contribution is -2.40. The predicted octanol–water partition coefficient (Wildman–Crippen LogP) is 4.13. The Labute approximate surface area is 172 Å². The van der Waals surface area contributed by atoms with Gasteiger partial charge in [-0.25, -0.2) is 0 Å². The smallest absolute Gasteiger partial charge is 0.114 e. The fraction of sp³-hybridized carbons (Fsp3) is 0.913. The molecule has 0 aromatic carbocycles. The summed E-state index contributed by atoms with van der Waals surface area (Å²) in [6.45, 7) is 3.06. The number of aliphatic hydroxyl groups excluding tert-OH is 3. The summed E-state index contributed by atoms with van der Waals surface area (Å²) in [6.07, 6.45) is 17.6. The summed E-state index contributed by atoms with van der Waals surface area (Å²) in [5.74, 6) is 0. The van der Waals surface area contributed by atoms with Crippen LogP contribution in [0.1, 0.15) is 90.4 Å². The van der Waals surface area contributed by atoms with Gasteiger partial charge in [0.15, 0.2) is 0 Å². The summed E-state index contributed by atoms with van der Waals surface area (Å²) in [6, 6.07) is 0. The molecule has 1 saturated heterocycles. The molecule has 1 rings (SSSR count). The van der Waals surface area contributed by atoms with Crippen LogP contribution in [-0.4, -0.2) is 59.6 Å². The van der Waals surface area contributed by atoms with Gasteiger partial charge in [-0.05, 0) is 32.1 Å². The lowest BCUT2D eigenvalue weighted by Gasteiger charge is -2.20. The van der Waals surface area contributed by atoms with Crippen LogP contribution in [0.4, 0.5) is 0 Å². The Kier molecular flexibility index (Phi) is 15.9. The molecule has 166 valence electrons. The third-order valence-electron chi connectivity index (χ3n) is 5.41. The van der Waals surface area contributed by atoms with Gasteiger partial charge < -0.3 is 24.8 Å². The molecule has 5 heteroatoms. The number of aliphatic hydroxyl groups is 3. The van der Waals surface area contributed by atoms with Crippen molar-refractivity contribution in [3.63, 3.8) is 0 Å². The van der Waals surface area contributed by atoms with Crippen molar-refractivity contribution in [3.05, 3.63) is 12.2 Å². The van der Waals surface area contributed by atoms with Crippen molar-refractivity contribution in [2.75, 3.05) is 19.8 Å². The molecule has 0 saturated carbocycles. The Bertz CT molecular complexity index is 374. The molecule has 0 amide bonds. The van der Waals surface area contributed by atoms with Gasteiger partial charge in [-0.1, -0.05) is 70.4 Å². The lowest BCUT2D eigenvalue weighted by molar-refractivity contribution is -0.0813. The number of allylic oxidation sites excluding steroid dienone is 2. The summed E-state index contributed by atoms with van der Waals surface area (Å²) < 4.78 is 10.6. The summed E-state index contributed by atoms with van der Waals surface area (Å²) in [5, 5.41) is 29.0. The Balaban J connectivity index is 1.81. The number of hydrogen-bond acceptors (Lipinski definition) is 5. The standard InChI is InChI=1S/C23H44O5/c1-2-3-4-5-6-7-8-9-10-11-12-13-14-15-16-17-27-18-21(25)23-22(26)20(24)19-28-23/h11-12,20-26H,2-10,13-19H2,1H3/b12-11+/t20-,21+,22-,23-/m1/s1. The van der Waals surface area contributed by atoms with E-state index in [1.807, 2.05) is 0 Å². The first-order valence-electron chi connectivity index (χ1n) is 11.5. The van der Waals surface area contributed by atoms with E-state index in [9.17, 15) is 15.3 Å². The minimum atomic E-state index is -1.03. The van der Waals surface area contributed by atoms with Gasteiger partial charge in [0, 0.05) is 6.61 Å². The molecule has 0 aliphatic carbocycles. The lowest BCUT2D eigenvalue weighted by atomic mass is 10.1. The van der Waals surface area contributed by atoms with Gasteiger partial charge in [0.05, 0.1) is 13.2 Å². The third-order valence-corrected chi connectivity index (χ3v) is 5.41. The maximum atomic E-state index is 9.93. The maximum Gasteiger partial charge on any atom is 0.114 e. The van der Waals surface area contributed by atoms with Crippen molar-refractivity contribution in [2.45, 2.75) is 115 Å². The monoisotopic (exact) mass is 400 g/mol. The van der Waals surface area contributed by atoms with Crippen molar-refractivity contribution in [2.24, 2.45) is 0 Å². The number of ether oxygens (including phenoxy) is 2. The van der Waals surface area contributed by atoms with E-state index in [1.165, 1.54) is 57.8 Å². The van der Waals surface area contributed by atoms with Gasteiger partial charge in [0.2, 0.25) is 0 Å². The minimum absolute atomic E-state index is 0.0649. The molecule has 5 nitrogen and oxygen atoms in total. The average molecular weight is 401 g/mol. The van der Waals surface area contributed by atoms with Gasteiger partial charge in [-0.2, -0.15) is 0 Å². The van der Waals surface area contributed by atoms with Crippen molar-refractivity contribution < 1.29 is 24.8 Å². The number of rotatable bonds is 18. The second-order valence-electron chi connectivity index (χ2n) is 8.08. The van der Waals surface area contributed by atoms with Gasteiger partial charge in [-0.3, -0.25) is 0 Å². The first-order chi connectivity index (χ1) is 13.7. The van der Waals surface area contributed by atoms with E-state index in [0.29, 0.717) is 6.61 Å². The Morgan fingerprint density at radius 2 is 1.46 bits per heavy atom. The van der Waals surface area contributed by atoms with Gasteiger partial charge in [0.25, 0.3) is 0 Å². The molecule has 1 fully saturated rings. The maximum absolute atomic E-state index is 9.93. The molecule has 0 spiro atoms. The molecule has 0 radical (unpaired) electrons. The van der Waals surface area contributed by atoms with Crippen molar-refractivity contribution in [3.8, 4) is 0 Å². The zero-order chi connectivity index (χ0) is 20.5. The Morgan fingerprint density at radius 1 is 0.893 bits per heavy atom. The van der Waals surface area contributed by atoms with Crippen LogP contribution in [0.3, 0.4) is 0 Å². The molecule has 1 aliphatic heterocycles. The predicted molar refractivity (Wildman–Crippen MR) is 113 cm³/mol. The summed E-state index contributed by atoms with van der Waals surface area (Å²) in [4.78, 5) is 0. The second-order valence-corrected chi connectivity index (χ2v) is 8.08. The van der Waals surface area contributed by atoms with Crippen LogP contribution in [0.15, 0.2) is 12.2 Å². The molecule has 4 atom stereocenters. The van der Waals surface area contributed by atoms with E-state index in [0.717, 1.165) is 25.7 Å². The fourth-order valence-electron chi connectivity index (χ4n) is 3.54. The topological polar surface area (TPSA) is 79.2 Å². The number of hydrogen-bond donors (Lipinski definition) is 3. The zero-order valence-electron chi connectivity index (χ0n) is 17.9. The van der Waals surface area contributed by atoms with Crippen LogP contribution in [0, 0.1) is 0 Å². The van der Waals surface area contributed by atoms with Crippen LogP contribution in [0.5, 0.6) is 0 Å². The quantitative estimate of drug-likeness (QED) is 0.238. The molecular weight excluding hydrogens is 356 g/mol. The second kappa shape index (κ2) is 17.4. The molecule has 3 N–H and O–H groups in total. The SMILES string of the molecule is CCCCCCCCCC/C=C/CCCCCOC[C@H](O)[C@H]1OC[C@@H](O)[C@H]1O. The van der Waals surface area contributed by atoms with Crippen molar-refractivity contribution in [1.82, 2.24) is 0 Å². The van der Waals surface area contributed by atoms with Crippen LogP contribution in [0.25, 0.3) is 0 Å². The molecule has 0 aromatic heterocycles. The van der Waals surface area contributed by atoms with Gasteiger partial charge in [0.1, 0.15) is 24.4 Å². The van der Waals surface area contributed by atoms with Crippen LogP contribution < -0.4 is 0 Å². The molecule has 0 aromatic rings. The average Bonchev–Trinajstić information content (AvgIpc) is 3.03. The van der Waals surface area contributed by atoms with E-state index in [1.54, 1.807) is 0 Å². The van der Waals surface area contributed by atoms with E-state index in [4.69, 9.17) is 9.47 Å². The van der Waals surface area contributed by atoms with E-state index in [-0.39, 0.29) is 13.2 Å².